The summed E-state index contributed by atoms with van der Waals surface area (Å²) in [6.07, 6.45) is 1.90. The summed E-state index contributed by atoms with van der Waals surface area (Å²) in [5.74, 6) is 2.12. The van der Waals surface area contributed by atoms with Gasteiger partial charge in [-0.25, -0.2) is 0 Å². The summed E-state index contributed by atoms with van der Waals surface area (Å²) in [4.78, 5) is 27.8. The number of rotatable bonds is 1. The van der Waals surface area contributed by atoms with Gasteiger partial charge < -0.3 is 10.2 Å². The monoisotopic (exact) mass is 296 g/mol. The third-order valence-corrected chi connectivity index (χ3v) is 5.62. The van der Waals surface area contributed by atoms with Crippen molar-refractivity contribution in [2.75, 3.05) is 25.4 Å². The average molecular weight is 296 g/mol. The van der Waals surface area contributed by atoms with E-state index in [1.807, 2.05) is 17.8 Å². The van der Waals surface area contributed by atoms with Crippen molar-refractivity contribution in [3.05, 3.63) is 21.4 Å². The Balaban J connectivity index is 1.78. The molecule has 1 aromatic heterocycles. The van der Waals surface area contributed by atoms with Crippen molar-refractivity contribution in [2.45, 2.75) is 18.6 Å². The normalized spacial score (nSPS) is 19.6. The first-order chi connectivity index (χ1) is 9.24. The van der Waals surface area contributed by atoms with Crippen molar-refractivity contribution in [1.29, 1.82) is 0 Å². The van der Waals surface area contributed by atoms with Gasteiger partial charge in [0.25, 0.3) is 5.91 Å². The van der Waals surface area contributed by atoms with Crippen LogP contribution in [0.25, 0.3) is 0 Å². The largest absolute Gasteiger partial charge is 0.354 e. The molecule has 4 nitrogen and oxygen atoms in total. The maximum absolute atomic E-state index is 12.5. The molecule has 0 saturated carbocycles. The highest BCUT2D eigenvalue weighted by molar-refractivity contribution is 7.98. The first kappa shape index (κ1) is 13.0. The van der Waals surface area contributed by atoms with Crippen molar-refractivity contribution >= 4 is 34.9 Å². The lowest BCUT2D eigenvalue weighted by atomic mass is 10.2. The van der Waals surface area contributed by atoms with Gasteiger partial charge in [0.1, 0.15) is 0 Å². The second kappa shape index (κ2) is 5.54. The van der Waals surface area contributed by atoms with Gasteiger partial charge in [-0.3, -0.25) is 9.59 Å². The highest BCUT2D eigenvalue weighted by Crippen LogP contribution is 2.32. The maximum Gasteiger partial charge on any atom is 0.264 e. The molecule has 1 saturated heterocycles. The standard InChI is InChI=1S/C13H16N2O2S2/c16-12-7-15(4-1-3-14-12)13(17)11-6-9-8-18-5-2-10(9)19-11/h6H,1-5,7-8H2,(H,14,16). The van der Waals surface area contributed by atoms with E-state index in [1.165, 1.54) is 10.4 Å². The zero-order chi connectivity index (χ0) is 13.2. The molecular weight excluding hydrogens is 280 g/mol. The molecule has 2 aliphatic rings. The van der Waals surface area contributed by atoms with Crippen LogP contribution in [0.15, 0.2) is 6.07 Å². The molecule has 0 aliphatic carbocycles. The number of amides is 2. The Kier molecular flexibility index (Phi) is 3.79. The first-order valence-corrected chi connectivity index (χ1v) is 8.46. The molecule has 102 valence electrons. The topological polar surface area (TPSA) is 49.4 Å². The van der Waals surface area contributed by atoms with E-state index in [4.69, 9.17) is 0 Å². The minimum atomic E-state index is -0.0530. The molecular formula is C13H16N2O2S2. The number of aryl methyl sites for hydroxylation is 1. The van der Waals surface area contributed by atoms with Crippen LogP contribution in [-0.4, -0.2) is 42.1 Å². The van der Waals surface area contributed by atoms with Crippen LogP contribution in [0.2, 0.25) is 0 Å². The van der Waals surface area contributed by atoms with E-state index < -0.39 is 0 Å². The molecule has 0 atom stereocenters. The molecule has 19 heavy (non-hydrogen) atoms. The SMILES string of the molecule is O=C1CN(C(=O)c2cc3c(s2)CCSC3)CCCN1. The van der Waals surface area contributed by atoms with Gasteiger partial charge in [-0.15, -0.1) is 11.3 Å². The maximum atomic E-state index is 12.5. The Bertz CT molecular complexity index is 489. The van der Waals surface area contributed by atoms with Crippen LogP contribution in [0.4, 0.5) is 0 Å². The molecule has 0 radical (unpaired) electrons. The highest BCUT2D eigenvalue weighted by atomic mass is 32.2. The van der Waals surface area contributed by atoms with Gasteiger partial charge in [-0.05, 0) is 30.2 Å². The Morgan fingerprint density at radius 2 is 2.32 bits per heavy atom. The van der Waals surface area contributed by atoms with Gasteiger partial charge in [-0.1, -0.05) is 0 Å². The molecule has 3 rings (SSSR count). The minimum Gasteiger partial charge on any atom is -0.354 e. The number of nitrogens with one attached hydrogen (secondary N) is 1. The third-order valence-electron chi connectivity index (χ3n) is 3.39. The minimum absolute atomic E-state index is 0.0152. The highest BCUT2D eigenvalue weighted by Gasteiger charge is 2.24. The second-order valence-corrected chi connectivity index (χ2v) is 7.03. The van der Waals surface area contributed by atoms with E-state index in [0.717, 1.165) is 29.2 Å². The smallest absolute Gasteiger partial charge is 0.264 e. The summed E-state index contributed by atoms with van der Waals surface area (Å²) in [7, 11) is 0. The molecule has 1 N–H and O–H groups in total. The lowest BCUT2D eigenvalue weighted by Crippen LogP contribution is -2.37. The number of thioether (sulfide) groups is 1. The summed E-state index contributed by atoms with van der Waals surface area (Å²) >= 11 is 3.53. The molecule has 0 bridgehead atoms. The van der Waals surface area contributed by atoms with Gasteiger partial charge in [-0.2, -0.15) is 11.8 Å². The lowest BCUT2D eigenvalue weighted by Gasteiger charge is -2.17. The summed E-state index contributed by atoms with van der Waals surface area (Å²) in [6, 6.07) is 2.03. The number of thiophene rings is 1. The van der Waals surface area contributed by atoms with Crippen molar-refractivity contribution in [3.63, 3.8) is 0 Å². The molecule has 3 heterocycles. The van der Waals surface area contributed by atoms with Crippen LogP contribution in [0.3, 0.4) is 0 Å². The Hall–Kier alpha value is -1.01. The van der Waals surface area contributed by atoms with E-state index in [2.05, 4.69) is 5.32 Å². The van der Waals surface area contributed by atoms with E-state index in [0.29, 0.717) is 13.1 Å². The average Bonchev–Trinajstić information content (AvgIpc) is 2.73. The van der Waals surface area contributed by atoms with Crippen LogP contribution in [0, 0.1) is 0 Å². The number of fused-ring (bicyclic) bond motifs is 1. The van der Waals surface area contributed by atoms with E-state index >= 15 is 0 Å². The summed E-state index contributed by atoms with van der Waals surface area (Å²) in [5.41, 5.74) is 1.31. The Morgan fingerprint density at radius 1 is 1.42 bits per heavy atom. The number of carbonyl (C=O) groups excluding carboxylic acids is 2. The van der Waals surface area contributed by atoms with Gasteiger partial charge in [0, 0.05) is 23.7 Å². The zero-order valence-electron chi connectivity index (χ0n) is 10.6. The Morgan fingerprint density at radius 3 is 3.16 bits per heavy atom. The van der Waals surface area contributed by atoms with Gasteiger partial charge >= 0.3 is 0 Å². The predicted molar refractivity (Wildman–Crippen MR) is 77.7 cm³/mol. The predicted octanol–water partition coefficient (Wildman–Crippen LogP) is 1.50. The number of hydrogen-bond donors (Lipinski definition) is 1. The van der Waals surface area contributed by atoms with Crippen molar-refractivity contribution in [2.24, 2.45) is 0 Å². The second-order valence-electron chi connectivity index (χ2n) is 4.79. The van der Waals surface area contributed by atoms with Crippen LogP contribution in [-0.2, 0) is 17.0 Å². The third kappa shape index (κ3) is 2.79. The van der Waals surface area contributed by atoms with Gasteiger partial charge in [0.05, 0.1) is 11.4 Å². The fourth-order valence-corrected chi connectivity index (χ4v) is 4.73. The molecule has 2 aliphatic heterocycles. The van der Waals surface area contributed by atoms with Crippen LogP contribution in [0.1, 0.15) is 26.5 Å². The fourth-order valence-electron chi connectivity index (χ4n) is 2.39. The van der Waals surface area contributed by atoms with Gasteiger partial charge in [0.2, 0.25) is 5.91 Å². The molecule has 6 heteroatoms. The molecule has 0 aromatic carbocycles. The van der Waals surface area contributed by atoms with Crippen LogP contribution in [0.5, 0.6) is 0 Å². The fraction of sp³-hybridized carbons (Fsp3) is 0.538. The molecule has 0 unspecified atom stereocenters. The lowest BCUT2D eigenvalue weighted by molar-refractivity contribution is -0.121. The van der Waals surface area contributed by atoms with Crippen molar-refractivity contribution in [1.82, 2.24) is 10.2 Å². The van der Waals surface area contributed by atoms with E-state index in [1.54, 1.807) is 16.2 Å². The van der Waals surface area contributed by atoms with E-state index in [-0.39, 0.29) is 18.4 Å². The van der Waals surface area contributed by atoms with Gasteiger partial charge in [0.15, 0.2) is 0 Å². The first-order valence-electron chi connectivity index (χ1n) is 6.49. The van der Waals surface area contributed by atoms with E-state index in [9.17, 15) is 9.59 Å². The van der Waals surface area contributed by atoms with Crippen molar-refractivity contribution < 1.29 is 9.59 Å². The summed E-state index contributed by atoms with van der Waals surface area (Å²) in [6.45, 7) is 1.52. The summed E-state index contributed by atoms with van der Waals surface area (Å²) in [5, 5.41) is 2.80. The molecule has 1 fully saturated rings. The zero-order valence-corrected chi connectivity index (χ0v) is 12.2. The quantitative estimate of drug-likeness (QED) is 0.854. The number of hydrogen-bond acceptors (Lipinski definition) is 4. The molecule has 1 aromatic rings. The van der Waals surface area contributed by atoms with Crippen LogP contribution < -0.4 is 5.32 Å². The van der Waals surface area contributed by atoms with Crippen LogP contribution >= 0.6 is 23.1 Å². The summed E-state index contributed by atoms with van der Waals surface area (Å²) < 4.78 is 0. The number of nitrogens with zero attached hydrogens (tertiary/aromatic N) is 1. The molecule has 0 spiro atoms. The molecule has 2 amide bonds. The van der Waals surface area contributed by atoms with Crippen molar-refractivity contribution in [3.8, 4) is 0 Å². The Labute approximate surface area is 120 Å². The number of carbonyl (C=O) groups is 2.